The molecule has 0 aromatic heterocycles. The highest BCUT2D eigenvalue weighted by Crippen LogP contribution is 2.25. The fraction of sp³-hybridized carbons (Fsp3) is 0.385. The van der Waals surface area contributed by atoms with Crippen LogP contribution in [0.5, 0.6) is 11.5 Å². The number of hydrogen-bond donors (Lipinski definition) is 1. The van der Waals surface area contributed by atoms with Crippen molar-refractivity contribution in [2.75, 3.05) is 21.0 Å². The van der Waals surface area contributed by atoms with E-state index in [1.807, 2.05) is 0 Å². The highest BCUT2D eigenvalue weighted by atomic mass is 16.7. The van der Waals surface area contributed by atoms with Gasteiger partial charge < -0.3 is 24.1 Å². The van der Waals surface area contributed by atoms with Gasteiger partial charge in [-0.05, 0) is 19.1 Å². The molecule has 20 heavy (non-hydrogen) atoms. The summed E-state index contributed by atoms with van der Waals surface area (Å²) in [5.41, 5.74) is 0.0654. The van der Waals surface area contributed by atoms with Crippen LogP contribution >= 0.6 is 0 Å². The second-order valence-corrected chi connectivity index (χ2v) is 3.80. The van der Waals surface area contributed by atoms with Crippen LogP contribution in [0.15, 0.2) is 18.2 Å². The van der Waals surface area contributed by atoms with Crippen LogP contribution in [0.1, 0.15) is 17.3 Å². The standard InChI is InChI=1S/C13H16O7/c1-8(12(15)18-3)20-13(16)10-5-4-9(14)6-11(10)19-7-17-2/h4-6,8,14H,7H2,1-3H3/t8-/m1/s1. The predicted molar refractivity (Wildman–Crippen MR) is 67.5 cm³/mol. The lowest BCUT2D eigenvalue weighted by atomic mass is 10.2. The molecule has 0 aliphatic heterocycles. The maximum atomic E-state index is 11.9. The number of phenolic OH excluding ortho intramolecular Hbond substituents is 1. The molecule has 1 N–H and O–H groups in total. The second kappa shape index (κ2) is 7.34. The molecule has 0 spiro atoms. The number of carbonyl (C=O) groups excluding carboxylic acids is 2. The van der Waals surface area contributed by atoms with Crippen molar-refractivity contribution in [3.63, 3.8) is 0 Å². The summed E-state index contributed by atoms with van der Waals surface area (Å²) in [5.74, 6) is -1.42. The molecule has 0 bridgehead atoms. The molecule has 1 aromatic rings. The van der Waals surface area contributed by atoms with E-state index >= 15 is 0 Å². The van der Waals surface area contributed by atoms with Crippen LogP contribution in [0.2, 0.25) is 0 Å². The third-order valence-electron chi connectivity index (χ3n) is 2.33. The predicted octanol–water partition coefficient (Wildman–Crippen LogP) is 1.09. The van der Waals surface area contributed by atoms with E-state index in [0.717, 1.165) is 0 Å². The molecule has 7 heteroatoms. The number of carbonyl (C=O) groups is 2. The van der Waals surface area contributed by atoms with E-state index in [1.54, 1.807) is 0 Å². The quantitative estimate of drug-likeness (QED) is 0.617. The van der Waals surface area contributed by atoms with Crippen LogP contribution in [-0.4, -0.2) is 44.2 Å². The summed E-state index contributed by atoms with van der Waals surface area (Å²) in [6.45, 7) is 1.29. The molecular weight excluding hydrogens is 268 g/mol. The summed E-state index contributed by atoms with van der Waals surface area (Å²) in [5, 5.41) is 9.38. The summed E-state index contributed by atoms with van der Waals surface area (Å²) in [4.78, 5) is 23.1. The normalized spacial score (nSPS) is 11.6. The fourth-order valence-electron chi connectivity index (χ4n) is 1.36. The minimum Gasteiger partial charge on any atom is -0.508 e. The molecule has 110 valence electrons. The number of esters is 2. The highest BCUT2D eigenvalue weighted by Gasteiger charge is 2.22. The third kappa shape index (κ3) is 4.13. The maximum absolute atomic E-state index is 11.9. The van der Waals surface area contributed by atoms with Gasteiger partial charge in [-0.2, -0.15) is 0 Å². The summed E-state index contributed by atoms with van der Waals surface area (Å²) < 4.78 is 19.3. The minimum atomic E-state index is -1.04. The van der Waals surface area contributed by atoms with Gasteiger partial charge in [0.05, 0.1) is 7.11 Å². The summed E-state index contributed by atoms with van der Waals surface area (Å²) >= 11 is 0. The number of ether oxygens (including phenoxy) is 4. The van der Waals surface area contributed by atoms with E-state index in [4.69, 9.17) is 14.2 Å². The number of rotatable bonds is 6. The summed E-state index contributed by atoms with van der Waals surface area (Å²) in [6.07, 6.45) is -1.04. The van der Waals surface area contributed by atoms with Gasteiger partial charge in [0.2, 0.25) is 0 Å². The lowest BCUT2D eigenvalue weighted by molar-refractivity contribution is -0.149. The zero-order valence-electron chi connectivity index (χ0n) is 11.4. The van der Waals surface area contributed by atoms with E-state index in [0.29, 0.717) is 0 Å². The van der Waals surface area contributed by atoms with Crippen LogP contribution in [0.4, 0.5) is 0 Å². The molecular formula is C13H16O7. The van der Waals surface area contributed by atoms with Gasteiger partial charge in [-0.25, -0.2) is 9.59 Å². The molecule has 0 unspecified atom stereocenters. The van der Waals surface area contributed by atoms with Crippen LogP contribution in [-0.2, 0) is 19.0 Å². The smallest absolute Gasteiger partial charge is 0.346 e. The zero-order chi connectivity index (χ0) is 15.1. The van der Waals surface area contributed by atoms with Gasteiger partial charge >= 0.3 is 11.9 Å². The first-order valence-electron chi connectivity index (χ1n) is 5.73. The number of benzene rings is 1. The SMILES string of the molecule is COCOc1cc(O)ccc1C(=O)O[C@H](C)C(=O)OC. The van der Waals surface area contributed by atoms with Gasteiger partial charge in [0, 0.05) is 13.2 Å². The van der Waals surface area contributed by atoms with Crippen molar-refractivity contribution in [2.45, 2.75) is 13.0 Å². The Morgan fingerprint density at radius 3 is 2.60 bits per heavy atom. The van der Waals surface area contributed by atoms with Crippen LogP contribution in [0.25, 0.3) is 0 Å². The molecule has 1 aromatic carbocycles. The van der Waals surface area contributed by atoms with Gasteiger partial charge in [-0.15, -0.1) is 0 Å². The maximum Gasteiger partial charge on any atom is 0.346 e. The van der Waals surface area contributed by atoms with Crippen molar-refractivity contribution in [3.8, 4) is 11.5 Å². The van der Waals surface area contributed by atoms with Gasteiger partial charge in [-0.1, -0.05) is 0 Å². The van der Waals surface area contributed by atoms with Crippen molar-refractivity contribution in [2.24, 2.45) is 0 Å². The van der Waals surface area contributed by atoms with Gasteiger partial charge in [0.25, 0.3) is 0 Å². The lowest BCUT2D eigenvalue weighted by Gasteiger charge is -2.13. The van der Waals surface area contributed by atoms with Crippen LogP contribution < -0.4 is 4.74 Å². The highest BCUT2D eigenvalue weighted by molar-refractivity contribution is 5.94. The molecule has 0 aliphatic carbocycles. The molecule has 0 aliphatic rings. The monoisotopic (exact) mass is 284 g/mol. The Morgan fingerprint density at radius 1 is 1.30 bits per heavy atom. The average Bonchev–Trinajstić information content (AvgIpc) is 2.43. The molecule has 7 nitrogen and oxygen atoms in total. The second-order valence-electron chi connectivity index (χ2n) is 3.80. The molecule has 0 radical (unpaired) electrons. The largest absolute Gasteiger partial charge is 0.508 e. The van der Waals surface area contributed by atoms with Crippen molar-refractivity contribution in [1.82, 2.24) is 0 Å². The van der Waals surface area contributed by atoms with Crippen molar-refractivity contribution < 1.29 is 33.6 Å². The first-order chi connectivity index (χ1) is 9.49. The van der Waals surface area contributed by atoms with Crippen LogP contribution in [0, 0.1) is 0 Å². The number of hydrogen-bond acceptors (Lipinski definition) is 7. The average molecular weight is 284 g/mol. The Kier molecular flexibility index (Phi) is 5.79. The van der Waals surface area contributed by atoms with Gasteiger partial charge in [0.1, 0.15) is 17.1 Å². The molecule has 0 saturated carbocycles. The molecule has 1 atom stereocenters. The van der Waals surface area contributed by atoms with Crippen molar-refractivity contribution >= 4 is 11.9 Å². The molecule has 0 heterocycles. The number of phenols is 1. The number of methoxy groups -OCH3 is 2. The Morgan fingerprint density at radius 2 is 2.00 bits per heavy atom. The Bertz CT molecular complexity index is 484. The van der Waals surface area contributed by atoms with E-state index in [9.17, 15) is 14.7 Å². The summed E-state index contributed by atoms with van der Waals surface area (Å²) in [6, 6.07) is 3.88. The molecule has 0 saturated heterocycles. The number of aromatic hydroxyl groups is 1. The topological polar surface area (TPSA) is 91.3 Å². The fourth-order valence-corrected chi connectivity index (χ4v) is 1.36. The van der Waals surface area contributed by atoms with Crippen molar-refractivity contribution in [3.05, 3.63) is 23.8 Å². The van der Waals surface area contributed by atoms with Crippen molar-refractivity contribution in [1.29, 1.82) is 0 Å². The van der Waals surface area contributed by atoms with Crippen LogP contribution in [0.3, 0.4) is 0 Å². The van der Waals surface area contributed by atoms with E-state index in [-0.39, 0.29) is 23.9 Å². The summed E-state index contributed by atoms with van der Waals surface area (Å²) in [7, 11) is 2.61. The lowest BCUT2D eigenvalue weighted by Crippen LogP contribution is -2.25. The zero-order valence-corrected chi connectivity index (χ0v) is 11.4. The molecule has 1 rings (SSSR count). The first kappa shape index (κ1) is 15.8. The molecule has 0 amide bonds. The Balaban J connectivity index is 2.88. The Hall–Kier alpha value is -2.28. The van der Waals surface area contributed by atoms with E-state index < -0.39 is 18.0 Å². The van der Waals surface area contributed by atoms with Gasteiger partial charge in [0.15, 0.2) is 12.9 Å². The molecule has 0 fully saturated rings. The third-order valence-corrected chi connectivity index (χ3v) is 2.33. The first-order valence-corrected chi connectivity index (χ1v) is 5.73. The van der Waals surface area contributed by atoms with E-state index in [2.05, 4.69) is 4.74 Å². The van der Waals surface area contributed by atoms with E-state index in [1.165, 1.54) is 39.3 Å². The minimum absolute atomic E-state index is 0.0654. The van der Waals surface area contributed by atoms with Gasteiger partial charge in [-0.3, -0.25) is 0 Å². The Labute approximate surface area is 116 Å².